The van der Waals surface area contributed by atoms with Gasteiger partial charge in [0.15, 0.2) is 0 Å². The van der Waals surface area contributed by atoms with Gasteiger partial charge >= 0.3 is 0 Å². The van der Waals surface area contributed by atoms with Crippen LogP contribution < -0.4 is 11.1 Å². The molecule has 0 aliphatic heterocycles. The zero-order chi connectivity index (χ0) is 16.2. The molecule has 0 atom stereocenters. The molecule has 0 unspecified atom stereocenters. The summed E-state index contributed by atoms with van der Waals surface area (Å²) in [7, 11) is 0. The van der Waals surface area contributed by atoms with Gasteiger partial charge < -0.3 is 11.1 Å². The Morgan fingerprint density at radius 2 is 1.57 bits per heavy atom. The maximum absolute atomic E-state index is 12.2. The van der Waals surface area contributed by atoms with Crippen LogP contribution in [0.15, 0.2) is 66.7 Å². The molecule has 0 aromatic heterocycles. The third-order valence-electron chi connectivity index (χ3n) is 3.68. The third-order valence-corrected chi connectivity index (χ3v) is 3.68. The van der Waals surface area contributed by atoms with Crippen molar-refractivity contribution in [3.63, 3.8) is 0 Å². The first kappa shape index (κ1) is 14.8. The smallest absolute Gasteiger partial charge is 0.248 e. The van der Waals surface area contributed by atoms with Crippen LogP contribution in [-0.2, 0) is 11.2 Å². The Labute approximate surface area is 133 Å². The van der Waals surface area contributed by atoms with E-state index >= 15 is 0 Å². The summed E-state index contributed by atoms with van der Waals surface area (Å²) in [5, 5.41) is 5.02. The summed E-state index contributed by atoms with van der Waals surface area (Å²) < 4.78 is 0. The molecule has 3 aromatic carbocycles. The van der Waals surface area contributed by atoms with Gasteiger partial charge in [0.25, 0.3) is 0 Å². The van der Waals surface area contributed by atoms with E-state index in [4.69, 9.17) is 5.73 Å². The molecule has 0 aliphatic rings. The first-order valence-electron chi connectivity index (χ1n) is 7.30. The fraction of sp³-hybridized carbons (Fsp3) is 0.0526. The van der Waals surface area contributed by atoms with E-state index in [1.165, 1.54) is 0 Å². The summed E-state index contributed by atoms with van der Waals surface area (Å²) in [5.41, 5.74) is 7.23. The first-order valence-corrected chi connectivity index (χ1v) is 7.30. The number of benzene rings is 3. The molecule has 3 N–H and O–H groups in total. The number of fused-ring (bicyclic) bond motifs is 1. The average molecular weight is 304 g/mol. The Morgan fingerprint density at radius 1 is 0.870 bits per heavy atom. The number of rotatable bonds is 4. The second kappa shape index (κ2) is 6.32. The van der Waals surface area contributed by atoms with Gasteiger partial charge in [-0.25, -0.2) is 0 Å². The Kier molecular flexibility index (Phi) is 4.06. The van der Waals surface area contributed by atoms with Gasteiger partial charge in [0.2, 0.25) is 11.8 Å². The number of anilines is 1. The fourth-order valence-corrected chi connectivity index (χ4v) is 2.54. The average Bonchev–Trinajstić information content (AvgIpc) is 2.55. The van der Waals surface area contributed by atoms with E-state index in [9.17, 15) is 9.59 Å². The quantitative estimate of drug-likeness (QED) is 0.777. The number of hydrogen-bond donors (Lipinski definition) is 2. The molecule has 0 bridgehead atoms. The van der Waals surface area contributed by atoms with Gasteiger partial charge in [-0.3, -0.25) is 9.59 Å². The van der Waals surface area contributed by atoms with Gasteiger partial charge in [-0.1, -0.05) is 42.5 Å². The minimum atomic E-state index is -0.487. The van der Waals surface area contributed by atoms with Crippen LogP contribution in [0.5, 0.6) is 0 Å². The van der Waals surface area contributed by atoms with Crippen LogP contribution in [0.25, 0.3) is 10.8 Å². The maximum Gasteiger partial charge on any atom is 0.248 e. The summed E-state index contributed by atoms with van der Waals surface area (Å²) in [6.45, 7) is 0. The molecule has 4 heteroatoms. The number of amides is 2. The number of carbonyl (C=O) groups excluding carboxylic acids is 2. The number of nitrogens with two attached hydrogens (primary N) is 1. The van der Waals surface area contributed by atoms with Crippen LogP contribution >= 0.6 is 0 Å². The normalized spacial score (nSPS) is 10.4. The predicted octanol–water partition coefficient (Wildman–Crippen LogP) is 3.12. The van der Waals surface area contributed by atoms with Crippen molar-refractivity contribution in [1.29, 1.82) is 0 Å². The molecule has 0 saturated heterocycles. The second-order valence-electron chi connectivity index (χ2n) is 5.30. The maximum atomic E-state index is 12.2. The Balaban J connectivity index is 1.75. The van der Waals surface area contributed by atoms with E-state index in [1.807, 2.05) is 42.5 Å². The van der Waals surface area contributed by atoms with Crippen LogP contribution in [0.4, 0.5) is 5.69 Å². The van der Waals surface area contributed by atoms with Gasteiger partial charge in [0, 0.05) is 11.3 Å². The summed E-state index contributed by atoms with van der Waals surface area (Å²) in [6, 6.07) is 20.4. The van der Waals surface area contributed by atoms with Gasteiger partial charge in [-0.05, 0) is 40.6 Å². The SMILES string of the molecule is NC(=O)c1ccc(NC(=O)Cc2cccc3ccccc23)cc1. The monoisotopic (exact) mass is 304 g/mol. The molecule has 3 rings (SSSR count). The third kappa shape index (κ3) is 3.37. The van der Waals surface area contributed by atoms with Crippen molar-refractivity contribution in [2.24, 2.45) is 5.73 Å². The number of hydrogen-bond acceptors (Lipinski definition) is 2. The number of carbonyl (C=O) groups is 2. The minimum Gasteiger partial charge on any atom is -0.366 e. The Morgan fingerprint density at radius 3 is 2.30 bits per heavy atom. The van der Waals surface area contributed by atoms with Crippen LogP contribution in [0.2, 0.25) is 0 Å². The molecule has 114 valence electrons. The van der Waals surface area contributed by atoms with Crippen molar-refractivity contribution >= 4 is 28.3 Å². The Bertz CT molecular complexity index is 865. The van der Waals surface area contributed by atoms with E-state index in [0.717, 1.165) is 16.3 Å². The van der Waals surface area contributed by atoms with E-state index in [-0.39, 0.29) is 5.91 Å². The largest absolute Gasteiger partial charge is 0.366 e. The molecule has 0 saturated carbocycles. The second-order valence-corrected chi connectivity index (χ2v) is 5.30. The lowest BCUT2D eigenvalue weighted by Gasteiger charge is -2.08. The topological polar surface area (TPSA) is 72.2 Å². The molecule has 2 amide bonds. The Hall–Kier alpha value is -3.14. The van der Waals surface area contributed by atoms with E-state index in [2.05, 4.69) is 5.32 Å². The predicted molar refractivity (Wildman–Crippen MR) is 91.2 cm³/mol. The highest BCUT2D eigenvalue weighted by Gasteiger charge is 2.08. The summed E-state index contributed by atoms with van der Waals surface area (Å²) in [5.74, 6) is -0.591. The molecule has 4 nitrogen and oxygen atoms in total. The molecule has 0 spiro atoms. The lowest BCUT2D eigenvalue weighted by Crippen LogP contribution is -2.15. The first-order chi connectivity index (χ1) is 11.1. The summed E-state index contributed by atoms with van der Waals surface area (Å²) in [6.07, 6.45) is 0.291. The van der Waals surface area contributed by atoms with Crippen LogP contribution in [0.1, 0.15) is 15.9 Å². The van der Waals surface area contributed by atoms with Gasteiger partial charge in [0.05, 0.1) is 6.42 Å². The number of primary amides is 1. The highest BCUT2D eigenvalue weighted by atomic mass is 16.1. The highest BCUT2D eigenvalue weighted by molar-refractivity contribution is 5.97. The molecule has 3 aromatic rings. The molecular weight excluding hydrogens is 288 g/mol. The molecule has 0 fully saturated rings. The van der Waals surface area contributed by atoms with Crippen LogP contribution in [0, 0.1) is 0 Å². The van der Waals surface area contributed by atoms with E-state index in [1.54, 1.807) is 24.3 Å². The van der Waals surface area contributed by atoms with Crippen molar-refractivity contribution in [3.05, 3.63) is 77.9 Å². The fourth-order valence-electron chi connectivity index (χ4n) is 2.54. The molecule has 0 heterocycles. The van der Waals surface area contributed by atoms with Crippen molar-refractivity contribution in [2.45, 2.75) is 6.42 Å². The van der Waals surface area contributed by atoms with Crippen LogP contribution in [0.3, 0.4) is 0 Å². The molecule has 0 radical (unpaired) electrons. The molecule has 23 heavy (non-hydrogen) atoms. The lowest BCUT2D eigenvalue weighted by atomic mass is 10.0. The van der Waals surface area contributed by atoms with Gasteiger partial charge in [-0.2, -0.15) is 0 Å². The van der Waals surface area contributed by atoms with Gasteiger partial charge in [0.1, 0.15) is 0 Å². The molecular formula is C19H16N2O2. The van der Waals surface area contributed by atoms with E-state index in [0.29, 0.717) is 17.7 Å². The van der Waals surface area contributed by atoms with E-state index < -0.39 is 5.91 Å². The van der Waals surface area contributed by atoms with Crippen molar-refractivity contribution in [2.75, 3.05) is 5.32 Å². The van der Waals surface area contributed by atoms with Crippen molar-refractivity contribution in [3.8, 4) is 0 Å². The van der Waals surface area contributed by atoms with Gasteiger partial charge in [-0.15, -0.1) is 0 Å². The van der Waals surface area contributed by atoms with Crippen LogP contribution in [-0.4, -0.2) is 11.8 Å². The zero-order valence-electron chi connectivity index (χ0n) is 12.5. The lowest BCUT2D eigenvalue weighted by molar-refractivity contribution is -0.115. The van der Waals surface area contributed by atoms with Crippen molar-refractivity contribution in [1.82, 2.24) is 0 Å². The number of nitrogens with one attached hydrogen (secondary N) is 1. The highest BCUT2D eigenvalue weighted by Crippen LogP contribution is 2.19. The zero-order valence-corrected chi connectivity index (χ0v) is 12.5. The molecule has 0 aliphatic carbocycles. The summed E-state index contributed by atoms with van der Waals surface area (Å²) >= 11 is 0. The standard InChI is InChI=1S/C19H16N2O2/c20-19(23)14-8-10-16(11-9-14)21-18(22)12-15-6-3-5-13-4-1-2-7-17(13)15/h1-11H,12H2,(H2,20,23)(H,21,22). The minimum absolute atomic E-state index is 0.104. The summed E-state index contributed by atoms with van der Waals surface area (Å²) in [4.78, 5) is 23.3. The van der Waals surface area contributed by atoms with Crippen molar-refractivity contribution < 1.29 is 9.59 Å².